The lowest BCUT2D eigenvalue weighted by Gasteiger charge is -2.15. The van der Waals surface area contributed by atoms with Crippen LogP contribution in [-0.4, -0.2) is 33.1 Å². The SMILES string of the molecule is CC(=O)N(C)Cc1ccc2c(C(N)=O)nc(C(F)F)n2c1. The number of hydrogen-bond donors (Lipinski definition) is 1. The van der Waals surface area contributed by atoms with Crippen LogP contribution in [0.25, 0.3) is 5.52 Å². The number of pyridine rings is 1. The molecule has 21 heavy (non-hydrogen) atoms. The van der Waals surface area contributed by atoms with Crippen molar-refractivity contribution in [3.8, 4) is 0 Å². The molecule has 0 fully saturated rings. The van der Waals surface area contributed by atoms with Gasteiger partial charge in [0.2, 0.25) is 5.91 Å². The fraction of sp³-hybridized carbons (Fsp3) is 0.308. The summed E-state index contributed by atoms with van der Waals surface area (Å²) in [5.41, 5.74) is 5.79. The van der Waals surface area contributed by atoms with E-state index in [1.54, 1.807) is 13.1 Å². The molecule has 2 N–H and O–H groups in total. The average Bonchev–Trinajstić information content (AvgIpc) is 2.77. The second kappa shape index (κ2) is 5.47. The van der Waals surface area contributed by atoms with Gasteiger partial charge in [0.25, 0.3) is 12.3 Å². The molecule has 2 amide bonds. The van der Waals surface area contributed by atoms with Gasteiger partial charge in [0.05, 0.1) is 5.52 Å². The minimum Gasteiger partial charge on any atom is -0.364 e. The van der Waals surface area contributed by atoms with Crippen molar-refractivity contribution in [1.29, 1.82) is 0 Å². The third-order valence-corrected chi connectivity index (χ3v) is 3.11. The monoisotopic (exact) mass is 296 g/mol. The molecule has 6 nitrogen and oxygen atoms in total. The number of fused-ring (bicyclic) bond motifs is 1. The first-order chi connectivity index (χ1) is 9.81. The van der Waals surface area contributed by atoms with E-state index in [9.17, 15) is 18.4 Å². The molecule has 2 aromatic heterocycles. The lowest BCUT2D eigenvalue weighted by Crippen LogP contribution is -2.23. The van der Waals surface area contributed by atoms with E-state index in [4.69, 9.17) is 5.73 Å². The number of aromatic nitrogens is 2. The van der Waals surface area contributed by atoms with Crippen LogP contribution in [0.1, 0.15) is 35.2 Å². The van der Waals surface area contributed by atoms with E-state index in [-0.39, 0.29) is 23.7 Å². The Balaban J connectivity index is 2.53. The van der Waals surface area contributed by atoms with Crippen molar-refractivity contribution in [3.05, 3.63) is 35.4 Å². The first kappa shape index (κ1) is 14.9. The Morgan fingerprint density at radius 2 is 2.10 bits per heavy atom. The summed E-state index contributed by atoms with van der Waals surface area (Å²) in [7, 11) is 1.60. The van der Waals surface area contributed by atoms with E-state index < -0.39 is 18.2 Å². The summed E-state index contributed by atoms with van der Waals surface area (Å²) in [5.74, 6) is -1.56. The first-order valence-corrected chi connectivity index (χ1v) is 6.11. The highest BCUT2D eigenvalue weighted by Crippen LogP contribution is 2.23. The molecule has 0 spiro atoms. The van der Waals surface area contributed by atoms with E-state index in [1.807, 2.05) is 0 Å². The lowest BCUT2D eigenvalue weighted by molar-refractivity contribution is -0.128. The fourth-order valence-corrected chi connectivity index (χ4v) is 1.97. The van der Waals surface area contributed by atoms with E-state index in [2.05, 4.69) is 4.98 Å². The second-order valence-electron chi connectivity index (χ2n) is 4.65. The Morgan fingerprint density at radius 1 is 1.43 bits per heavy atom. The molecule has 0 unspecified atom stereocenters. The molecule has 0 radical (unpaired) electrons. The maximum absolute atomic E-state index is 13.0. The van der Waals surface area contributed by atoms with Crippen molar-refractivity contribution in [3.63, 3.8) is 0 Å². The Labute approximate surface area is 119 Å². The van der Waals surface area contributed by atoms with Gasteiger partial charge in [-0.3, -0.25) is 14.0 Å². The molecule has 0 aromatic carbocycles. The number of nitrogens with zero attached hydrogens (tertiary/aromatic N) is 3. The minimum atomic E-state index is -2.84. The third kappa shape index (κ3) is 2.83. The molecule has 0 atom stereocenters. The van der Waals surface area contributed by atoms with Crippen LogP contribution in [0.4, 0.5) is 8.78 Å². The summed E-state index contributed by atoms with van der Waals surface area (Å²) in [6.07, 6.45) is -1.42. The summed E-state index contributed by atoms with van der Waals surface area (Å²) in [6, 6.07) is 3.13. The summed E-state index contributed by atoms with van der Waals surface area (Å²) < 4.78 is 27.1. The third-order valence-electron chi connectivity index (χ3n) is 3.11. The zero-order valence-electron chi connectivity index (χ0n) is 11.5. The summed E-state index contributed by atoms with van der Waals surface area (Å²) >= 11 is 0. The predicted molar refractivity (Wildman–Crippen MR) is 70.8 cm³/mol. The van der Waals surface area contributed by atoms with Crippen molar-refractivity contribution in [2.45, 2.75) is 19.9 Å². The topological polar surface area (TPSA) is 80.7 Å². The Hall–Kier alpha value is -2.51. The van der Waals surface area contributed by atoms with Crippen molar-refractivity contribution in [2.75, 3.05) is 7.05 Å². The maximum atomic E-state index is 13.0. The van der Waals surface area contributed by atoms with Crippen LogP contribution in [0.5, 0.6) is 0 Å². The molecule has 8 heteroatoms. The van der Waals surface area contributed by atoms with Gasteiger partial charge in [0.1, 0.15) is 0 Å². The van der Waals surface area contributed by atoms with Gasteiger partial charge in [-0.25, -0.2) is 13.8 Å². The minimum absolute atomic E-state index is 0.146. The quantitative estimate of drug-likeness (QED) is 0.924. The van der Waals surface area contributed by atoms with Gasteiger partial charge in [-0.05, 0) is 11.6 Å². The molecule has 0 saturated carbocycles. The number of hydrogen-bond acceptors (Lipinski definition) is 3. The highest BCUT2D eigenvalue weighted by atomic mass is 19.3. The zero-order valence-corrected chi connectivity index (χ0v) is 11.5. The Morgan fingerprint density at radius 3 is 2.62 bits per heavy atom. The number of imidazole rings is 1. The van der Waals surface area contributed by atoms with E-state index >= 15 is 0 Å². The second-order valence-corrected chi connectivity index (χ2v) is 4.65. The summed E-state index contributed by atoms with van der Waals surface area (Å²) in [6.45, 7) is 1.67. The van der Waals surface area contributed by atoms with Crippen molar-refractivity contribution >= 4 is 17.3 Å². The number of alkyl halides is 2. The van der Waals surface area contributed by atoms with Crippen LogP contribution < -0.4 is 5.73 Å². The van der Waals surface area contributed by atoms with E-state index in [0.717, 1.165) is 4.40 Å². The van der Waals surface area contributed by atoms with Crippen molar-refractivity contribution in [1.82, 2.24) is 14.3 Å². The van der Waals surface area contributed by atoms with Crippen molar-refractivity contribution < 1.29 is 18.4 Å². The Kier molecular flexibility index (Phi) is 3.88. The predicted octanol–water partition coefficient (Wildman–Crippen LogP) is 1.35. The fourth-order valence-electron chi connectivity index (χ4n) is 1.97. The van der Waals surface area contributed by atoms with Crippen molar-refractivity contribution in [2.24, 2.45) is 5.73 Å². The molecular weight excluding hydrogens is 282 g/mol. The number of carbonyl (C=O) groups excluding carboxylic acids is 2. The molecule has 2 heterocycles. The van der Waals surface area contributed by atoms with Gasteiger partial charge in [0, 0.05) is 26.7 Å². The van der Waals surface area contributed by atoms with Gasteiger partial charge >= 0.3 is 0 Å². The van der Waals surface area contributed by atoms with Gasteiger partial charge in [0.15, 0.2) is 11.5 Å². The molecule has 0 saturated heterocycles. The molecule has 0 aliphatic carbocycles. The standard InChI is InChI=1S/C13H14F2N4O2/c1-7(20)18(2)5-8-3-4-9-10(12(16)21)17-13(11(14)15)19(9)6-8/h3-4,6,11H,5H2,1-2H3,(H2,16,21). The van der Waals surface area contributed by atoms with Gasteiger partial charge in [-0.2, -0.15) is 0 Å². The summed E-state index contributed by atoms with van der Waals surface area (Å²) in [4.78, 5) is 27.5. The Bertz CT molecular complexity index is 712. The normalized spacial score (nSPS) is 11.1. The highest BCUT2D eigenvalue weighted by Gasteiger charge is 2.21. The van der Waals surface area contributed by atoms with Crippen LogP contribution in [0.2, 0.25) is 0 Å². The van der Waals surface area contributed by atoms with E-state index in [1.165, 1.54) is 24.1 Å². The molecule has 0 aliphatic heterocycles. The first-order valence-electron chi connectivity index (χ1n) is 6.11. The molecule has 112 valence electrons. The van der Waals surface area contributed by atoms with Crippen LogP contribution in [0.3, 0.4) is 0 Å². The van der Waals surface area contributed by atoms with Crippen LogP contribution in [-0.2, 0) is 11.3 Å². The largest absolute Gasteiger partial charge is 0.364 e. The van der Waals surface area contributed by atoms with Crippen LogP contribution in [0, 0.1) is 0 Å². The van der Waals surface area contributed by atoms with Gasteiger partial charge < -0.3 is 10.6 Å². The number of halogens is 2. The molecule has 0 bridgehead atoms. The number of rotatable bonds is 4. The molecule has 2 rings (SSSR count). The molecule has 2 aromatic rings. The summed E-state index contributed by atoms with van der Waals surface area (Å²) in [5, 5.41) is 0. The van der Waals surface area contributed by atoms with Gasteiger partial charge in [-0.15, -0.1) is 0 Å². The molecule has 0 aliphatic rings. The zero-order chi connectivity index (χ0) is 15.7. The van der Waals surface area contributed by atoms with Crippen LogP contribution in [0.15, 0.2) is 18.3 Å². The highest BCUT2D eigenvalue weighted by molar-refractivity contribution is 5.98. The van der Waals surface area contributed by atoms with Crippen LogP contribution >= 0.6 is 0 Å². The number of carbonyl (C=O) groups is 2. The smallest absolute Gasteiger partial charge is 0.295 e. The number of nitrogens with two attached hydrogens (primary N) is 1. The number of amides is 2. The average molecular weight is 296 g/mol. The molecular formula is C13H14F2N4O2. The number of primary amides is 1. The maximum Gasteiger partial charge on any atom is 0.295 e. The van der Waals surface area contributed by atoms with E-state index in [0.29, 0.717) is 5.56 Å². The lowest BCUT2D eigenvalue weighted by atomic mass is 10.2. The van der Waals surface area contributed by atoms with Gasteiger partial charge in [-0.1, -0.05) is 6.07 Å².